The van der Waals surface area contributed by atoms with Crippen molar-refractivity contribution in [1.29, 1.82) is 0 Å². The molecule has 3 saturated heterocycles. The standard InChI is InChI=1S/C32H55N3O14/c1-18(36)6-4-5-7-23(39)35-12-8-32(9-13-35,16-21(37)33-10-14-46-30-28(44)26(42)24(40)19(2)48-30)17-22(38)34-11-15-47-31-29(45)27(43)25(41)20(3)49-31/h19-20,24-31,40-45H,4-17H2,1-3H3,(H,33,37)(H,34,38)/t19-,20?,24+,25?,26+,27?,28-,29-,30+,31+/m0/s1. The lowest BCUT2D eigenvalue weighted by Gasteiger charge is -2.41. The van der Waals surface area contributed by atoms with Crippen molar-refractivity contribution in [2.24, 2.45) is 5.41 Å². The fraction of sp³-hybridized carbons (Fsp3) is 0.875. The number of carbonyl (C=O) groups excluding carboxylic acids is 4. The summed E-state index contributed by atoms with van der Waals surface area (Å²) in [5.74, 6) is -0.670. The van der Waals surface area contributed by atoms with Gasteiger partial charge in [0.2, 0.25) is 17.7 Å². The number of nitrogens with one attached hydrogen (secondary N) is 2. The second-order valence-corrected chi connectivity index (χ2v) is 13.4. The van der Waals surface area contributed by atoms with E-state index in [1.807, 2.05) is 0 Å². The lowest BCUT2D eigenvalue weighted by atomic mass is 9.72. The maximum absolute atomic E-state index is 13.1. The van der Waals surface area contributed by atoms with Gasteiger partial charge in [-0.1, -0.05) is 0 Å². The molecule has 0 aromatic rings. The molecule has 3 fully saturated rings. The summed E-state index contributed by atoms with van der Waals surface area (Å²) in [4.78, 5) is 51.9. The number of likely N-dealkylation sites (tertiary alicyclic amines) is 1. The molecule has 0 radical (unpaired) electrons. The second-order valence-electron chi connectivity index (χ2n) is 13.4. The zero-order chi connectivity index (χ0) is 36.3. The lowest BCUT2D eigenvalue weighted by Crippen LogP contribution is -2.57. The van der Waals surface area contributed by atoms with Crippen LogP contribution >= 0.6 is 0 Å². The minimum absolute atomic E-state index is 0.0116. The highest BCUT2D eigenvalue weighted by molar-refractivity contribution is 5.81. The van der Waals surface area contributed by atoms with Gasteiger partial charge in [-0.2, -0.15) is 0 Å². The summed E-state index contributed by atoms with van der Waals surface area (Å²) in [5, 5.41) is 65.4. The van der Waals surface area contributed by atoms with E-state index < -0.39 is 66.8 Å². The topological polar surface area (TPSA) is 254 Å². The van der Waals surface area contributed by atoms with Crippen LogP contribution in [0.4, 0.5) is 0 Å². The maximum Gasteiger partial charge on any atom is 0.222 e. The second kappa shape index (κ2) is 19.3. The van der Waals surface area contributed by atoms with Gasteiger partial charge in [0.1, 0.15) is 42.4 Å². The van der Waals surface area contributed by atoms with Crippen molar-refractivity contribution in [2.75, 3.05) is 39.4 Å². The third-order valence-electron chi connectivity index (χ3n) is 9.45. The molecule has 49 heavy (non-hydrogen) atoms. The van der Waals surface area contributed by atoms with Crippen molar-refractivity contribution in [3.8, 4) is 0 Å². The fourth-order valence-electron chi connectivity index (χ4n) is 6.29. The molecule has 3 unspecified atom stereocenters. The zero-order valence-corrected chi connectivity index (χ0v) is 28.6. The Bertz CT molecular complexity index is 1030. The molecule has 282 valence electrons. The average Bonchev–Trinajstić information content (AvgIpc) is 3.05. The van der Waals surface area contributed by atoms with Crippen LogP contribution in [0.3, 0.4) is 0 Å². The fourth-order valence-corrected chi connectivity index (χ4v) is 6.29. The Hall–Kier alpha value is -2.32. The molecule has 0 spiro atoms. The van der Waals surface area contributed by atoms with Crippen LogP contribution < -0.4 is 10.6 Å². The molecule has 0 aromatic heterocycles. The smallest absolute Gasteiger partial charge is 0.222 e. The molecule has 0 saturated carbocycles. The van der Waals surface area contributed by atoms with Crippen molar-refractivity contribution < 1.29 is 68.8 Å². The summed E-state index contributed by atoms with van der Waals surface area (Å²) in [5.41, 5.74) is -0.766. The Balaban J connectivity index is 1.51. The first-order valence-corrected chi connectivity index (χ1v) is 17.1. The van der Waals surface area contributed by atoms with Crippen molar-refractivity contribution in [2.45, 2.75) is 134 Å². The average molecular weight is 706 g/mol. The molecule has 0 aliphatic carbocycles. The number of unbranched alkanes of at least 4 members (excludes halogenated alkanes) is 1. The van der Waals surface area contributed by atoms with Gasteiger partial charge in [-0.05, 0) is 51.9 Å². The molecular formula is C32H55N3O14. The molecule has 10 atom stereocenters. The SMILES string of the molecule is CC(=O)CCCCC(=O)N1CCC(CC(=O)NCCO[C@@H]2O[C@@H](C)[C@@H](O)[C@@H](O)[C@@H]2O)(CC(=O)NCCO[C@@H]2OC(C)C(O)C(O)[C@@H]2O)CC1. The van der Waals surface area contributed by atoms with Crippen LogP contribution in [0.5, 0.6) is 0 Å². The first kappa shape index (κ1) is 41.1. The van der Waals surface area contributed by atoms with Crippen molar-refractivity contribution >= 4 is 23.5 Å². The molecule has 3 amide bonds. The number of piperidine rings is 1. The predicted molar refractivity (Wildman–Crippen MR) is 169 cm³/mol. The third kappa shape index (κ3) is 12.2. The maximum atomic E-state index is 13.1. The van der Waals surface area contributed by atoms with E-state index in [9.17, 15) is 49.8 Å². The molecule has 3 heterocycles. The molecular weight excluding hydrogens is 650 g/mol. The number of amides is 3. The van der Waals surface area contributed by atoms with Crippen LogP contribution in [-0.2, 0) is 38.1 Å². The van der Waals surface area contributed by atoms with Crippen molar-refractivity contribution in [1.82, 2.24) is 15.5 Å². The number of ether oxygens (including phenoxy) is 4. The van der Waals surface area contributed by atoms with Crippen LogP contribution in [0, 0.1) is 5.41 Å². The van der Waals surface area contributed by atoms with Crippen LogP contribution in [-0.4, -0.2) is 160 Å². The Labute approximate surface area is 286 Å². The molecule has 8 N–H and O–H groups in total. The van der Waals surface area contributed by atoms with E-state index in [4.69, 9.17) is 18.9 Å². The highest BCUT2D eigenvalue weighted by Gasteiger charge is 2.44. The van der Waals surface area contributed by atoms with Gasteiger partial charge < -0.3 is 69.9 Å². The van der Waals surface area contributed by atoms with Crippen LogP contribution in [0.15, 0.2) is 0 Å². The largest absolute Gasteiger partial charge is 0.388 e. The number of aliphatic hydroxyl groups is 6. The molecule has 17 heteroatoms. The number of hydrogen-bond donors (Lipinski definition) is 8. The minimum Gasteiger partial charge on any atom is -0.388 e. The number of Topliss-reactive ketones (excluding diaryl/α,β-unsaturated/α-hetero) is 1. The number of hydrogen-bond acceptors (Lipinski definition) is 14. The highest BCUT2D eigenvalue weighted by atomic mass is 16.7. The van der Waals surface area contributed by atoms with E-state index in [-0.39, 0.29) is 62.6 Å². The summed E-state index contributed by atoms with van der Waals surface area (Å²) in [6, 6.07) is 0. The number of rotatable bonds is 17. The number of ketones is 1. The summed E-state index contributed by atoms with van der Waals surface area (Å²) < 4.78 is 21.8. The number of aliphatic hydroxyl groups excluding tert-OH is 6. The van der Waals surface area contributed by atoms with Crippen LogP contribution in [0.2, 0.25) is 0 Å². The van der Waals surface area contributed by atoms with Gasteiger partial charge in [0, 0.05) is 51.9 Å². The zero-order valence-electron chi connectivity index (χ0n) is 28.6. The predicted octanol–water partition coefficient (Wildman–Crippen LogP) is -2.55. The molecule has 0 aromatic carbocycles. The quantitative estimate of drug-likeness (QED) is 0.0726. The van der Waals surface area contributed by atoms with Crippen LogP contribution in [0.25, 0.3) is 0 Å². The van der Waals surface area contributed by atoms with Gasteiger partial charge in [-0.15, -0.1) is 0 Å². The molecule has 3 aliphatic heterocycles. The normalized spacial score (nSPS) is 33.1. The molecule has 0 bridgehead atoms. The Morgan fingerprint density at radius 3 is 1.55 bits per heavy atom. The van der Waals surface area contributed by atoms with Crippen LogP contribution in [0.1, 0.15) is 72.1 Å². The monoisotopic (exact) mass is 705 g/mol. The van der Waals surface area contributed by atoms with Crippen molar-refractivity contribution in [3.05, 3.63) is 0 Å². The van der Waals surface area contributed by atoms with Gasteiger partial charge in [-0.25, -0.2) is 0 Å². The highest BCUT2D eigenvalue weighted by Crippen LogP contribution is 2.39. The van der Waals surface area contributed by atoms with E-state index in [0.29, 0.717) is 51.6 Å². The minimum atomic E-state index is -1.47. The van der Waals surface area contributed by atoms with E-state index in [0.717, 1.165) is 0 Å². The molecule has 3 rings (SSSR count). The van der Waals surface area contributed by atoms with Gasteiger partial charge in [0.25, 0.3) is 0 Å². The summed E-state index contributed by atoms with van der Waals surface area (Å²) in [6.07, 6.45) is -9.59. The van der Waals surface area contributed by atoms with E-state index in [1.165, 1.54) is 20.8 Å². The Morgan fingerprint density at radius 1 is 0.694 bits per heavy atom. The summed E-state index contributed by atoms with van der Waals surface area (Å²) >= 11 is 0. The van der Waals surface area contributed by atoms with Gasteiger partial charge in [0.15, 0.2) is 12.6 Å². The Kier molecular flexibility index (Phi) is 16.2. The third-order valence-corrected chi connectivity index (χ3v) is 9.45. The number of carbonyl (C=O) groups is 4. The van der Waals surface area contributed by atoms with E-state index >= 15 is 0 Å². The van der Waals surface area contributed by atoms with Gasteiger partial charge in [0.05, 0.1) is 25.4 Å². The number of nitrogens with zero attached hydrogens (tertiary/aromatic N) is 1. The Morgan fingerprint density at radius 2 is 1.12 bits per heavy atom. The van der Waals surface area contributed by atoms with E-state index in [1.54, 1.807) is 4.90 Å². The molecule has 3 aliphatic rings. The summed E-state index contributed by atoms with van der Waals surface area (Å²) in [6.45, 7) is 5.25. The van der Waals surface area contributed by atoms with Gasteiger partial charge >= 0.3 is 0 Å². The summed E-state index contributed by atoms with van der Waals surface area (Å²) in [7, 11) is 0. The van der Waals surface area contributed by atoms with E-state index in [2.05, 4.69) is 10.6 Å². The lowest BCUT2D eigenvalue weighted by molar-refractivity contribution is -0.292. The first-order valence-electron chi connectivity index (χ1n) is 17.1. The molecule has 17 nitrogen and oxygen atoms in total. The van der Waals surface area contributed by atoms with Gasteiger partial charge in [-0.3, -0.25) is 14.4 Å². The van der Waals surface area contributed by atoms with Crippen molar-refractivity contribution in [3.63, 3.8) is 0 Å². The first-order chi connectivity index (χ1) is 23.1.